The summed E-state index contributed by atoms with van der Waals surface area (Å²) in [6.45, 7) is 4.13. The first-order valence-electron chi connectivity index (χ1n) is 5.56. The van der Waals surface area contributed by atoms with Gasteiger partial charge in [0, 0.05) is 21.8 Å². The van der Waals surface area contributed by atoms with Crippen LogP contribution in [0.4, 0.5) is 4.39 Å². The molecule has 96 valence electrons. The zero-order chi connectivity index (χ0) is 13.3. The van der Waals surface area contributed by atoms with E-state index in [1.54, 1.807) is 16.8 Å². The number of aromatic nitrogens is 2. The van der Waals surface area contributed by atoms with Crippen LogP contribution in [0.5, 0.6) is 0 Å². The lowest BCUT2D eigenvalue weighted by Crippen LogP contribution is -2.06. The number of nitrogens with zero attached hydrogens (tertiary/aromatic N) is 2. The molecule has 0 radical (unpaired) electrons. The summed E-state index contributed by atoms with van der Waals surface area (Å²) in [6, 6.07) is 4.66. The Morgan fingerprint density at radius 3 is 2.56 bits per heavy atom. The molecule has 0 fully saturated rings. The summed E-state index contributed by atoms with van der Waals surface area (Å²) >= 11 is 11.9. The fourth-order valence-electron chi connectivity index (χ4n) is 1.91. The predicted octanol–water partition coefficient (Wildman–Crippen LogP) is 4.08. The van der Waals surface area contributed by atoms with Gasteiger partial charge in [0.05, 0.1) is 18.1 Å². The molecule has 18 heavy (non-hydrogen) atoms. The molecule has 0 saturated heterocycles. The van der Waals surface area contributed by atoms with E-state index in [0.29, 0.717) is 23.0 Å². The van der Waals surface area contributed by atoms with Crippen LogP contribution >= 0.6 is 23.2 Å². The van der Waals surface area contributed by atoms with Gasteiger partial charge in [-0.05, 0) is 26.0 Å². The Bertz CT molecular complexity index is 558. The fourth-order valence-corrected chi connectivity index (χ4v) is 2.52. The van der Waals surface area contributed by atoms with Crippen LogP contribution in [0.2, 0.25) is 5.02 Å². The molecule has 1 aromatic heterocycles. The van der Waals surface area contributed by atoms with E-state index >= 15 is 0 Å². The summed E-state index contributed by atoms with van der Waals surface area (Å²) in [5.41, 5.74) is 3.26. The average molecular weight is 287 g/mol. The molecular weight excluding hydrogens is 274 g/mol. The number of hydrogen-bond donors (Lipinski definition) is 0. The maximum Gasteiger partial charge on any atom is 0.129 e. The Hall–Kier alpha value is -1.06. The normalized spacial score (nSPS) is 10.9. The maximum atomic E-state index is 13.7. The van der Waals surface area contributed by atoms with Gasteiger partial charge in [0.2, 0.25) is 0 Å². The van der Waals surface area contributed by atoms with Crippen LogP contribution in [0.3, 0.4) is 0 Å². The molecule has 0 aliphatic rings. The highest BCUT2D eigenvalue weighted by Gasteiger charge is 2.13. The molecule has 0 bridgehead atoms. The van der Waals surface area contributed by atoms with Crippen molar-refractivity contribution in [3.05, 3.63) is 51.6 Å². The van der Waals surface area contributed by atoms with Gasteiger partial charge in [-0.3, -0.25) is 4.68 Å². The van der Waals surface area contributed by atoms with Crippen molar-refractivity contribution in [1.29, 1.82) is 0 Å². The quantitative estimate of drug-likeness (QED) is 0.778. The van der Waals surface area contributed by atoms with Crippen LogP contribution in [0.25, 0.3) is 0 Å². The second kappa shape index (κ2) is 5.29. The van der Waals surface area contributed by atoms with Crippen molar-refractivity contribution in [2.45, 2.75) is 26.3 Å². The molecule has 1 aromatic carbocycles. The Labute approximate surface area is 115 Å². The standard InChI is InChI=1S/C13H13Cl2FN2/c1-8-10(6-14)9(2)18(17-8)7-11-12(15)4-3-5-13(11)16/h3-5H,6-7H2,1-2H3. The molecule has 1 heterocycles. The fraction of sp³-hybridized carbons (Fsp3) is 0.308. The van der Waals surface area contributed by atoms with Crippen molar-refractivity contribution in [2.75, 3.05) is 0 Å². The molecule has 0 aliphatic carbocycles. The van der Waals surface area contributed by atoms with Crippen LogP contribution in [-0.2, 0) is 12.4 Å². The number of alkyl halides is 1. The first-order valence-corrected chi connectivity index (χ1v) is 6.47. The molecule has 0 atom stereocenters. The molecular formula is C13H13Cl2FN2. The molecule has 0 N–H and O–H groups in total. The summed E-state index contributed by atoms with van der Waals surface area (Å²) in [5.74, 6) is 0.0883. The summed E-state index contributed by atoms with van der Waals surface area (Å²) in [7, 11) is 0. The highest BCUT2D eigenvalue weighted by molar-refractivity contribution is 6.31. The zero-order valence-electron chi connectivity index (χ0n) is 10.2. The minimum atomic E-state index is -0.317. The number of halogens is 3. The van der Waals surface area contributed by atoms with Gasteiger partial charge >= 0.3 is 0 Å². The summed E-state index contributed by atoms with van der Waals surface area (Å²) < 4.78 is 15.4. The Kier molecular flexibility index (Phi) is 3.93. The maximum absolute atomic E-state index is 13.7. The number of rotatable bonds is 3. The Balaban J connectivity index is 2.41. The highest BCUT2D eigenvalue weighted by Crippen LogP contribution is 2.22. The van der Waals surface area contributed by atoms with Crippen molar-refractivity contribution in [2.24, 2.45) is 0 Å². The third-order valence-corrected chi connectivity index (χ3v) is 3.66. The SMILES string of the molecule is Cc1nn(Cc2c(F)cccc2Cl)c(C)c1CCl. The van der Waals surface area contributed by atoms with Gasteiger partial charge in [-0.15, -0.1) is 11.6 Å². The minimum Gasteiger partial charge on any atom is -0.265 e. The van der Waals surface area contributed by atoms with E-state index in [1.807, 2.05) is 13.8 Å². The average Bonchev–Trinajstić information content (AvgIpc) is 2.59. The van der Waals surface area contributed by atoms with Crippen molar-refractivity contribution in [1.82, 2.24) is 9.78 Å². The van der Waals surface area contributed by atoms with Crippen LogP contribution in [0.1, 0.15) is 22.5 Å². The molecule has 0 spiro atoms. The van der Waals surface area contributed by atoms with Crippen molar-refractivity contribution in [3.8, 4) is 0 Å². The van der Waals surface area contributed by atoms with Crippen LogP contribution in [0.15, 0.2) is 18.2 Å². The summed E-state index contributed by atoms with van der Waals surface area (Å²) in [4.78, 5) is 0. The molecule has 2 nitrogen and oxygen atoms in total. The van der Waals surface area contributed by atoms with Gasteiger partial charge in [0.25, 0.3) is 0 Å². The van der Waals surface area contributed by atoms with E-state index in [-0.39, 0.29) is 5.82 Å². The van der Waals surface area contributed by atoms with E-state index in [9.17, 15) is 4.39 Å². The van der Waals surface area contributed by atoms with Crippen molar-refractivity contribution in [3.63, 3.8) is 0 Å². The van der Waals surface area contributed by atoms with Crippen molar-refractivity contribution < 1.29 is 4.39 Å². The molecule has 5 heteroatoms. The summed E-state index contributed by atoms with van der Waals surface area (Å²) in [6.07, 6.45) is 0. The highest BCUT2D eigenvalue weighted by atomic mass is 35.5. The predicted molar refractivity (Wildman–Crippen MR) is 71.8 cm³/mol. The zero-order valence-corrected chi connectivity index (χ0v) is 11.7. The number of benzene rings is 1. The van der Waals surface area contributed by atoms with Gasteiger partial charge in [0.1, 0.15) is 5.82 Å². The van der Waals surface area contributed by atoms with Crippen molar-refractivity contribution >= 4 is 23.2 Å². The van der Waals surface area contributed by atoms with Gasteiger partial charge < -0.3 is 0 Å². The second-order valence-electron chi connectivity index (χ2n) is 4.14. The molecule has 0 aliphatic heterocycles. The van der Waals surface area contributed by atoms with Gasteiger partial charge in [-0.25, -0.2) is 4.39 Å². The van der Waals surface area contributed by atoms with E-state index in [0.717, 1.165) is 17.0 Å². The first kappa shape index (κ1) is 13.4. The van der Waals surface area contributed by atoms with Gasteiger partial charge in [-0.1, -0.05) is 17.7 Å². The van der Waals surface area contributed by atoms with E-state index in [1.165, 1.54) is 6.07 Å². The molecule has 0 unspecified atom stereocenters. The van der Waals surface area contributed by atoms with Crippen LogP contribution < -0.4 is 0 Å². The number of aryl methyl sites for hydroxylation is 1. The number of hydrogen-bond acceptors (Lipinski definition) is 1. The third kappa shape index (κ3) is 2.38. The topological polar surface area (TPSA) is 17.8 Å². The van der Waals surface area contributed by atoms with Crippen LogP contribution in [-0.4, -0.2) is 9.78 Å². The lowest BCUT2D eigenvalue weighted by molar-refractivity contribution is 0.579. The monoisotopic (exact) mass is 286 g/mol. The third-order valence-electron chi connectivity index (χ3n) is 3.03. The van der Waals surface area contributed by atoms with Crippen LogP contribution in [0, 0.1) is 19.7 Å². The van der Waals surface area contributed by atoms with E-state index in [2.05, 4.69) is 5.10 Å². The first-order chi connectivity index (χ1) is 8.54. The molecule has 2 aromatic rings. The van der Waals surface area contributed by atoms with E-state index in [4.69, 9.17) is 23.2 Å². The minimum absolute atomic E-state index is 0.315. The lowest BCUT2D eigenvalue weighted by atomic mass is 10.2. The Morgan fingerprint density at radius 1 is 1.28 bits per heavy atom. The second-order valence-corrected chi connectivity index (χ2v) is 4.82. The van der Waals surface area contributed by atoms with E-state index < -0.39 is 0 Å². The lowest BCUT2D eigenvalue weighted by Gasteiger charge is -2.08. The molecule has 0 saturated carbocycles. The van der Waals surface area contributed by atoms with Gasteiger partial charge in [-0.2, -0.15) is 5.10 Å². The largest absolute Gasteiger partial charge is 0.265 e. The smallest absolute Gasteiger partial charge is 0.129 e. The molecule has 2 rings (SSSR count). The summed E-state index contributed by atoms with van der Waals surface area (Å²) in [5, 5.41) is 4.78. The molecule has 0 amide bonds. The van der Waals surface area contributed by atoms with Gasteiger partial charge in [0.15, 0.2) is 0 Å². The Morgan fingerprint density at radius 2 is 2.00 bits per heavy atom.